The lowest BCUT2D eigenvalue weighted by Crippen LogP contribution is -2.20. The molecule has 2 atom stereocenters. The first-order chi connectivity index (χ1) is 9.04. The number of hydrogen-bond acceptors (Lipinski definition) is 3. The molecule has 1 aromatic rings. The highest BCUT2D eigenvalue weighted by Crippen LogP contribution is 2.25. The molecule has 1 fully saturated rings. The molecule has 0 bridgehead atoms. The minimum Gasteiger partial charge on any atom is -0.367 e. The summed E-state index contributed by atoms with van der Waals surface area (Å²) >= 11 is 3.48. The van der Waals surface area contributed by atoms with E-state index in [9.17, 15) is 0 Å². The van der Waals surface area contributed by atoms with Crippen LogP contribution in [0.25, 0.3) is 0 Å². The summed E-state index contributed by atoms with van der Waals surface area (Å²) in [7, 11) is 0. The third-order valence-corrected chi connectivity index (χ3v) is 4.24. The first-order valence-electron chi connectivity index (χ1n) is 7.35. The summed E-state index contributed by atoms with van der Waals surface area (Å²) in [5, 5.41) is 3.60. The van der Waals surface area contributed by atoms with E-state index in [0.717, 1.165) is 22.2 Å². The molecule has 3 nitrogen and oxygen atoms in total. The number of hydrogen-bond donors (Lipinski definition) is 1. The molecule has 0 amide bonds. The summed E-state index contributed by atoms with van der Waals surface area (Å²) < 4.78 is 0.871. The summed E-state index contributed by atoms with van der Waals surface area (Å²) in [5.74, 6) is 3.09. The summed E-state index contributed by atoms with van der Waals surface area (Å²) in [6, 6.07) is 2.55. The highest BCUT2D eigenvalue weighted by Gasteiger charge is 2.17. The zero-order chi connectivity index (χ0) is 13.8. The van der Waals surface area contributed by atoms with Crippen molar-refractivity contribution in [3.05, 3.63) is 16.5 Å². The minimum atomic E-state index is 0.354. The van der Waals surface area contributed by atoms with E-state index in [1.165, 1.54) is 32.1 Å². The van der Waals surface area contributed by atoms with Crippen molar-refractivity contribution in [2.45, 2.75) is 64.8 Å². The van der Waals surface area contributed by atoms with Crippen molar-refractivity contribution >= 4 is 21.7 Å². The SMILES string of the molecule is CC1CCCC(Nc2cc(Br)nc(C(C)C)n2)CC1. The van der Waals surface area contributed by atoms with Gasteiger partial charge >= 0.3 is 0 Å². The fourth-order valence-electron chi connectivity index (χ4n) is 2.61. The smallest absolute Gasteiger partial charge is 0.134 e. The van der Waals surface area contributed by atoms with Crippen molar-refractivity contribution in [3.63, 3.8) is 0 Å². The minimum absolute atomic E-state index is 0.354. The molecule has 0 aliphatic heterocycles. The molecule has 1 aromatic heterocycles. The monoisotopic (exact) mass is 325 g/mol. The molecule has 4 heteroatoms. The average Bonchev–Trinajstić information content (AvgIpc) is 2.54. The summed E-state index contributed by atoms with van der Waals surface area (Å²) in [4.78, 5) is 9.05. The molecule has 0 spiro atoms. The van der Waals surface area contributed by atoms with Crippen molar-refractivity contribution in [2.75, 3.05) is 5.32 Å². The van der Waals surface area contributed by atoms with Crippen molar-refractivity contribution in [1.29, 1.82) is 0 Å². The second-order valence-corrected chi connectivity index (χ2v) is 6.86. The van der Waals surface area contributed by atoms with E-state index in [2.05, 4.69) is 52.0 Å². The fraction of sp³-hybridized carbons (Fsp3) is 0.733. The Morgan fingerprint density at radius 2 is 2.00 bits per heavy atom. The van der Waals surface area contributed by atoms with Gasteiger partial charge in [0.1, 0.15) is 16.2 Å². The Morgan fingerprint density at radius 1 is 1.21 bits per heavy atom. The van der Waals surface area contributed by atoms with Crippen molar-refractivity contribution in [2.24, 2.45) is 5.92 Å². The Kier molecular flexibility index (Phi) is 5.20. The molecular formula is C15H24BrN3. The Labute approximate surface area is 124 Å². The van der Waals surface area contributed by atoms with Crippen LogP contribution in [0, 0.1) is 5.92 Å². The third kappa shape index (κ3) is 4.44. The van der Waals surface area contributed by atoms with E-state index < -0.39 is 0 Å². The normalized spacial score (nSPS) is 24.3. The average molecular weight is 326 g/mol. The van der Waals surface area contributed by atoms with Crippen LogP contribution < -0.4 is 5.32 Å². The van der Waals surface area contributed by atoms with Gasteiger partial charge in [-0.1, -0.05) is 33.6 Å². The quantitative estimate of drug-likeness (QED) is 0.644. The zero-order valence-electron chi connectivity index (χ0n) is 12.1. The van der Waals surface area contributed by atoms with Gasteiger partial charge in [-0.15, -0.1) is 0 Å². The molecule has 1 N–H and O–H groups in total. The molecule has 1 saturated carbocycles. The van der Waals surface area contributed by atoms with Crippen LogP contribution in [0.1, 0.15) is 64.6 Å². The highest BCUT2D eigenvalue weighted by atomic mass is 79.9. The summed E-state index contributed by atoms with van der Waals surface area (Å²) in [6.45, 7) is 6.61. The van der Waals surface area contributed by atoms with Crippen LogP contribution in [0.3, 0.4) is 0 Å². The number of halogens is 1. The molecule has 1 heterocycles. The fourth-order valence-corrected chi connectivity index (χ4v) is 3.01. The highest BCUT2D eigenvalue weighted by molar-refractivity contribution is 9.10. The first kappa shape index (κ1) is 14.8. The Morgan fingerprint density at radius 3 is 2.74 bits per heavy atom. The van der Waals surface area contributed by atoms with Gasteiger partial charge in [0.25, 0.3) is 0 Å². The van der Waals surface area contributed by atoms with E-state index >= 15 is 0 Å². The van der Waals surface area contributed by atoms with Crippen molar-refractivity contribution < 1.29 is 0 Å². The molecular weight excluding hydrogens is 302 g/mol. The predicted octanol–water partition coefficient (Wildman–Crippen LogP) is 4.74. The van der Waals surface area contributed by atoms with Gasteiger partial charge in [0, 0.05) is 18.0 Å². The molecule has 0 saturated heterocycles. The second-order valence-electron chi connectivity index (χ2n) is 6.04. The largest absolute Gasteiger partial charge is 0.367 e. The molecule has 2 unspecified atom stereocenters. The lowest BCUT2D eigenvalue weighted by atomic mass is 10.0. The van der Waals surface area contributed by atoms with Gasteiger partial charge < -0.3 is 5.32 Å². The van der Waals surface area contributed by atoms with Crippen LogP contribution in [0.2, 0.25) is 0 Å². The summed E-state index contributed by atoms with van der Waals surface area (Å²) in [6.07, 6.45) is 6.51. The Hall–Kier alpha value is -0.640. The molecule has 0 radical (unpaired) electrons. The standard InChI is InChI=1S/C15H24BrN3/c1-10(2)15-18-13(16)9-14(19-15)17-12-6-4-5-11(3)7-8-12/h9-12H,4-8H2,1-3H3,(H,17,18,19). The molecule has 106 valence electrons. The molecule has 0 aromatic carbocycles. The maximum absolute atomic E-state index is 4.62. The Balaban J connectivity index is 2.05. The molecule has 19 heavy (non-hydrogen) atoms. The zero-order valence-corrected chi connectivity index (χ0v) is 13.7. The van der Waals surface area contributed by atoms with Gasteiger partial charge in [-0.2, -0.15) is 0 Å². The number of aromatic nitrogens is 2. The van der Waals surface area contributed by atoms with Crippen LogP contribution >= 0.6 is 15.9 Å². The Bertz CT molecular complexity index is 420. The van der Waals surface area contributed by atoms with Gasteiger partial charge in [-0.3, -0.25) is 0 Å². The lowest BCUT2D eigenvalue weighted by Gasteiger charge is -2.18. The second kappa shape index (κ2) is 6.69. The maximum atomic E-state index is 4.62. The van der Waals surface area contributed by atoms with Gasteiger partial charge in [0.05, 0.1) is 0 Å². The van der Waals surface area contributed by atoms with Crippen LogP contribution in [0.15, 0.2) is 10.7 Å². The van der Waals surface area contributed by atoms with E-state index in [1.807, 2.05) is 6.07 Å². The number of anilines is 1. The molecule has 2 rings (SSSR count). The summed E-state index contributed by atoms with van der Waals surface area (Å²) in [5.41, 5.74) is 0. The van der Waals surface area contributed by atoms with Crippen molar-refractivity contribution in [3.8, 4) is 0 Å². The van der Waals surface area contributed by atoms with Gasteiger partial charge in [-0.25, -0.2) is 9.97 Å². The maximum Gasteiger partial charge on any atom is 0.134 e. The number of rotatable bonds is 3. The van der Waals surface area contributed by atoms with Gasteiger partial charge in [0.15, 0.2) is 0 Å². The topological polar surface area (TPSA) is 37.8 Å². The first-order valence-corrected chi connectivity index (χ1v) is 8.15. The number of nitrogens with zero attached hydrogens (tertiary/aromatic N) is 2. The number of nitrogens with one attached hydrogen (secondary N) is 1. The third-order valence-electron chi connectivity index (χ3n) is 3.84. The lowest BCUT2D eigenvalue weighted by molar-refractivity contribution is 0.501. The van der Waals surface area contributed by atoms with Gasteiger partial charge in [0.2, 0.25) is 0 Å². The van der Waals surface area contributed by atoms with E-state index in [-0.39, 0.29) is 0 Å². The van der Waals surface area contributed by atoms with Crippen LogP contribution in [0.4, 0.5) is 5.82 Å². The van der Waals surface area contributed by atoms with E-state index in [4.69, 9.17) is 0 Å². The van der Waals surface area contributed by atoms with E-state index in [0.29, 0.717) is 12.0 Å². The van der Waals surface area contributed by atoms with Gasteiger partial charge in [-0.05, 0) is 41.1 Å². The van der Waals surface area contributed by atoms with E-state index in [1.54, 1.807) is 0 Å². The van der Waals surface area contributed by atoms with Crippen LogP contribution in [-0.2, 0) is 0 Å². The van der Waals surface area contributed by atoms with Crippen LogP contribution in [0.5, 0.6) is 0 Å². The predicted molar refractivity (Wildman–Crippen MR) is 83.5 cm³/mol. The van der Waals surface area contributed by atoms with Crippen molar-refractivity contribution in [1.82, 2.24) is 9.97 Å². The molecule has 1 aliphatic rings. The molecule has 1 aliphatic carbocycles. The van der Waals surface area contributed by atoms with Crippen LogP contribution in [-0.4, -0.2) is 16.0 Å².